The van der Waals surface area contributed by atoms with Crippen molar-refractivity contribution in [2.75, 3.05) is 49.2 Å². The highest BCUT2D eigenvalue weighted by Gasteiger charge is 2.25. The van der Waals surface area contributed by atoms with E-state index in [1.54, 1.807) is 0 Å². The lowest BCUT2D eigenvalue weighted by atomic mass is 10.1. The van der Waals surface area contributed by atoms with Gasteiger partial charge in [-0.1, -0.05) is 0 Å². The van der Waals surface area contributed by atoms with Gasteiger partial charge in [0.05, 0.1) is 23.8 Å². The monoisotopic (exact) mass is 663 g/mol. The van der Waals surface area contributed by atoms with E-state index in [-0.39, 0.29) is 39.5 Å². The average Bonchev–Trinajstić information content (AvgIpc) is 3.62. The molecule has 5 N–H and O–H groups in total. The van der Waals surface area contributed by atoms with Crippen LogP contribution in [0, 0.1) is 11.6 Å². The van der Waals surface area contributed by atoms with Crippen LogP contribution in [-0.2, 0) is 19.2 Å². The summed E-state index contributed by atoms with van der Waals surface area (Å²) >= 11 is 0. The van der Waals surface area contributed by atoms with Gasteiger partial charge in [-0.3, -0.25) is 19.2 Å². The Morgan fingerprint density at radius 3 is 1.91 bits per heavy atom. The number of carboxylic acid groups (broad SMARTS) is 5. The number of carboxylic acids is 5. The summed E-state index contributed by atoms with van der Waals surface area (Å²) < 4.78 is 50.7. The number of anilines is 2. The number of fused-ring (bicyclic) bond motifs is 1. The minimum absolute atomic E-state index is 0.0735. The lowest BCUT2D eigenvalue weighted by Crippen LogP contribution is -2.35. The summed E-state index contributed by atoms with van der Waals surface area (Å²) in [6.07, 6.45) is 2.13. The number of furan rings is 1. The fourth-order valence-electron chi connectivity index (χ4n) is 4.38. The topological polar surface area (TPSA) is 251 Å². The highest BCUT2D eigenvalue weighted by Crippen LogP contribution is 2.39. The number of benzene rings is 2. The van der Waals surface area contributed by atoms with Gasteiger partial charge in [0.1, 0.15) is 45.1 Å². The van der Waals surface area contributed by atoms with Gasteiger partial charge in [-0.25, -0.2) is 14.2 Å². The van der Waals surface area contributed by atoms with Crippen LogP contribution in [0.3, 0.4) is 0 Å². The van der Waals surface area contributed by atoms with Gasteiger partial charge in [-0.05, 0) is 24.3 Å². The molecule has 0 aliphatic rings. The molecule has 17 nitrogen and oxygen atoms in total. The van der Waals surface area contributed by atoms with Gasteiger partial charge >= 0.3 is 29.8 Å². The van der Waals surface area contributed by atoms with Crippen LogP contribution < -0.4 is 19.3 Å². The summed E-state index contributed by atoms with van der Waals surface area (Å²) in [6.45, 7) is -4.45. The van der Waals surface area contributed by atoms with Crippen LogP contribution in [0.5, 0.6) is 11.5 Å². The van der Waals surface area contributed by atoms with Crippen molar-refractivity contribution in [3.8, 4) is 23.1 Å². The van der Waals surface area contributed by atoms with Crippen molar-refractivity contribution in [2.45, 2.75) is 0 Å². The Bertz CT molecular complexity index is 1820. The van der Waals surface area contributed by atoms with Crippen molar-refractivity contribution in [3.05, 3.63) is 54.1 Å². The summed E-state index contributed by atoms with van der Waals surface area (Å²) in [5.41, 5.74) is -0.477. The molecular formula is C28H23F2N3O14. The average molecular weight is 663 g/mol. The van der Waals surface area contributed by atoms with Gasteiger partial charge in [-0.2, -0.15) is 4.39 Å². The van der Waals surface area contributed by atoms with E-state index in [0.29, 0.717) is 6.07 Å². The molecule has 0 radical (unpaired) electrons. The quantitative estimate of drug-likeness (QED) is 0.102. The van der Waals surface area contributed by atoms with Gasteiger partial charge in [0.25, 0.3) is 5.89 Å². The zero-order chi connectivity index (χ0) is 34.4. The van der Waals surface area contributed by atoms with E-state index in [1.807, 2.05) is 0 Å². The molecule has 0 spiro atoms. The van der Waals surface area contributed by atoms with E-state index >= 15 is 0 Å². The van der Waals surface area contributed by atoms with E-state index in [4.69, 9.17) is 23.4 Å². The highest BCUT2D eigenvalue weighted by molar-refractivity contribution is 5.98. The third kappa shape index (κ3) is 8.01. The molecule has 0 aliphatic carbocycles. The van der Waals surface area contributed by atoms with Gasteiger partial charge in [0.15, 0.2) is 17.3 Å². The van der Waals surface area contributed by atoms with Crippen molar-refractivity contribution in [1.82, 2.24) is 4.98 Å². The number of rotatable bonds is 17. The highest BCUT2D eigenvalue weighted by atomic mass is 19.2. The first-order valence-electron chi connectivity index (χ1n) is 13.1. The lowest BCUT2D eigenvalue weighted by molar-refractivity contribution is -0.138. The van der Waals surface area contributed by atoms with Crippen molar-refractivity contribution in [1.29, 1.82) is 0 Å². The van der Waals surface area contributed by atoms with Crippen LogP contribution >= 0.6 is 0 Å². The normalized spacial score (nSPS) is 10.9. The first kappa shape index (κ1) is 33.5. The predicted molar refractivity (Wildman–Crippen MR) is 151 cm³/mol. The van der Waals surface area contributed by atoms with Crippen LogP contribution in [0.2, 0.25) is 0 Å². The first-order chi connectivity index (χ1) is 22.2. The number of hydrogen-bond donors (Lipinski definition) is 5. The number of carbonyl (C=O) groups is 5. The van der Waals surface area contributed by atoms with Gasteiger partial charge in [0.2, 0.25) is 11.6 Å². The van der Waals surface area contributed by atoms with Gasteiger partial charge in [0, 0.05) is 10.8 Å². The van der Waals surface area contributed by atoms with E-state index in [1.165, 1.54) is 18.4 Å². The van der Waals surface area contributed by atoms with E-state index < -0.39 is 92.4 Å². The fourth-order valence-corrected chi connectivity index (χ4v) is 4.38. The molecule has 0 saturated heterocycles. The zero-order valence-electron chi connectivity index (χ0n) is 23.7. The summed E-state index contributed by atoms with van der Waals surface area (Å²) in [6, 6.07) is 4.21. The molecule has 47 heavy (non-hydrogen) atoms. The summed E-state index contributed by atoms with van der Waals surface area (Å²) in [4.78, 5) is 62.5. The Hall–Kier alpha value is -6.40. The number of hydrogen-bond acceptors (Lipinski definition) is 12. The number of oxazole rings is 1. The second-order valence-electron chi connectivity index (χ2n) is 9.50. The molecular weight excluding hydrogens is 640 g/mol. The number of aromatic nitrogens is 1. The fraction of sp³-hybridized carbons (Fsp3) is 0.214. The summed E-state index contributed by atoms with van der Waals surface area (Å²) in [5, 5.41) is 46.9. The smallest absolute Gasteiger partial charge is 0.373 e. The molecule has 0 fully saturated rings. The molecule has 19 heteroatoms. The minimum atomic E-state index is -1.54. The summed E-state index contributed by atoms with van der Waals surface area (Å²) in [5.74, 6) is -11.8. The molecule has 2 heterocycles. The number of aromatic carboxylic acids is 1. The molecule has 0 atom stereocenters. The van der Waals surface area contributed by atoms with Crippen molar-refractivity contribution >= 4 is 52.0 Å². The maximum absolute atomic E-state index is 14.8. The maximum Gasteiger partial charge on any atom is 0.373 e. The molecule has 248 valence electrons. The molecule has 2 aromatic heterocycles. The largest absolute Gasteiger partial charge is 0.488 e. The minimum Gasteiger partial charge on any atom is -0.488 e. The Balaban J connectivity index is 1.67. The Morgan fingerprint density at radius 2 is 1.36 bits per heavy atom. The van der Waals surface area contributed by atoms with Crippen molar-refractivity contribution in [3.63, 3.8) is 0 Å². The Labute approximate surface area is 260 Å². The van der Waals surface area contributed by atoms with E-state index in [9.17, 15) is 53.2 Å². The molecule has 0 amide bonds. The number of nitrogens with zero attached hydrogens (tertiary/aromatic N) is 3. The van der Waals surface area contributed by atoms with Crippen LogP contribution in [-0.4, -0.2) is 99.8 Å². The second kappa shape index (κ2) is 14.1. The van der Waals surface area contributed by atoms with Crippen LogP contribution in [0.1, 0.15) is 10.6 Å². The van der Waals surface area contributed by atoms with E-state index in [2.05, 4.69) is 4.98 Å². The predicted octanol–water partition coefficient (Wildman–Crippen LogP) is 2.47. The SMILES string of the molecule is O=C(O)CN(CC(=O)O)c1cc2c(-c3ncc(C(=O)O)o3)occ2cc1OCCOc1c(N(CC(=O)O)CC(=O)O)ccc(F)c1F. The zero-order valence-corrected chi connectivity index (χ0v) is 23.7. The summed E-state index contributed by atoms with van der Waals surface area (Å²) in [7, 11) is 0. The van der Waals surface area contributed by atoms with Crippen LogP contribution in [0.15, 0.2) is 45.6 Å². The standard InChI is InChI=1S/C28H23F2N3O14/c29-15-1-2-16(32(8-20(34)35)9-21(36)37)26(24(15)30)45-4-3-44-18-5-13-12-46-25(27-31-7-19(47-27)28(42)43)14(13)6-17(18)33(10-22(38)39)11-23(40)41/h1-2,5-7,12H,3-4,8-11H2,(H,34,35)(H,36,37)(H,38,39)(H,40,41)(H,42,43). The van der Waals surface area contributed by atoms with Crippen molar-refractivity contribution < 1.29 is 76.6 Å². The second-order valence-corrected chi connectivity index (χ2v) is 9.50. The van der Waals surface area contributed by atoms with Gasteiger partial charge < -0.3 is 53.6 Å². The number of aliphatic carboxylic acids is 4. The van der Waals surface area contributed by atoms with Crippen LogP contribution in [0.25, 0.3) is 22.4 Å². The molecule has 0 bridgehead atoms. The van der Waals surface area contributed by atoms with E-state index in [0.717, 1.165) is 22.1 Å². The van der Waals surface area contributed by atoms with Gasteiger partial charge in [-0.15, -0.1) is 0 Å². The number of ether oxygens (including phenoxy) is 2. The lowest BCUT2D eigenvalue weighted by Gasteiger charge is -2.25. The van der Waals surface area contributed by atoms with Crippen LogP contribution in [0.4, 0.5) is 20.2 Å². The third-order valence-electron chi connectivity index (χ3n) is 6.19. The third-order valence-corrected chi connectivity index (χ3v) is 6.19. The molecule has 2 aromatic carbocycles. The van der Waals surface area contributed by atoms with Crippen molar-refractivity contribution in [2.24, 2.45) is 0 Å². The Kier molecular flexibility index (Phi) is 10.1. The molecule has 0 saturated carbocycles. The Morgan fingerprint density at radius 1 is 0.787 bits per heavy atom. The first-order valence-corrected chi connectivity index (χ1v) is 13.1. The molecule has 4 rings (SSSR count). The molecule has 0 aliphatic heterocycles. The maximum atomic E-state index is 14.8. The molecule has 4 aromatic rings. The molecule has 0 unspecified atom stereocenters. The number of halogens is 2.